The van der Waals surface area contributed by atoms with Gasteiger partial charge in [0, 0.05) is 13.5 Å². The van der Waals surface area contributed by atoms with Crippen molar-refractivity contribution in [3.05, 3.63) is 0 Å². The van der Waals surface area contributed by atoms with Gasteiger partial charge in [0.2, 0.25) is 0 Å². The first-order valence-corrected chi connectivity index (χ1v) is 5.51. The van der Waals surface area contributed by atoms with Gasteiger partial charge in [-0.05, 0) is 32.1 Å². The SMILES string of the molecule is CC[C@H](CC[C@@H]1CCCO1)OC(C)=O. The van der Waals surface area contributed by atoms with E-state index >= 15 is 0 Å². The zero-order valence-corrected chi connectivity index (χ0v) is 9.12. The van der Waals surface area contributed by atoms with Crippen LogP contribution in [-0.2, 0) is 14.3 Å². The molecule has 1 saturated heterocycles. The maximum atomic E-state index is 10.8. The molecule has 0 saturated carbocycles. The second-order valence-electron chi connectivity index (χ2n) is 3.85. The molecule has 1 aliphatic rings. The molecule has 82 valence electrons. The molecule has 1 aliphatic heterocycles. The third-order valence-electron chi connectivity index (χ3n) is 2.62. The van der Waals surface area contributed by atoms with Gasteiger partial charge in [-0.25, -0.2) is 0 Å². The van der Waals surface area contributed by atoms with Crippen molar-refractivity contribution < 1.29 is 14.3 Å². The summed E-state index contributed by atoms with van der Waals surface area (Å²) < 4.78 is 10.7. The van der Waals surface area contributed by atoms with Gasteiger partial charge >= 0.3 is 5.97 Å². The van der Waals surface area contributed by atoms with Gasteiger partial charge in [0.1, 0.15) is 6.10 Å². The van der Waals surface area contributed by atoms with E-state index in [4.69, 9.17) is 9.47 Å². The highest BCUT2D eigenvalue weighted by Crippen LogP contribution is 2.19. The Morgan fingerprint density at radius 3 is 2.93 bits per heavy atom. The predicted octanol–water partition coefficient (Wildman–Crippen LogP) is 2.29. The maximum absolute atomic E-state index is 10.8. The molecule has 0 bridgehead atoms. The topological polar surface area (TPSA) is 35.5 Å². The molecule has 0 unspecified atom stereocenters. The molecule has 0 radical (unpaired) electrons. The van der Waals surface area contributed by atoms with Crippen molar-refractivity contribution >= 4 is 5.97 Å². The van der Waals surface area contributed by atoms with Crippen LogP contribution < -0.4 is 0 Å². The normalized spacial score (nSPS) is 23.4. The zero-order valence-electron chi connectivity index (χ0n) is 9.12. The molecule has 1 rings (SSSR count). The highest BCUT2D eigenvalue weighted by Gasteiger charge is 2.18. The molecule has 0 amide bonds. The molecular formula is C11H20O3. The molecule has 2 atom stereocenters. The van der Waals surface area contributed by atoms with E-state index < -0.39 is 0 Å². The molecule has 0 N–H and O–H groups in total. The Balaban J connectivity index is 2.15. The number of ether oxygens (including phenoxy) is 2. The average Bonchev–Trinajstić information content (AvgIpc) is 2.64. The van der Waals surface area contributed by atoms with E-state index in [0.29, 0.717) is 6.10 Å². The summed E-state index contributed by atoms with van der Waals surface area (Å²) >= 11 is 0. The summed E-state index contributed by atoms with van der Waals surface area (Å²) in [5.74, 6) is -0.177. The van der Waals surface area contributed by atoms with Crippen molar-refractivity contribution in [2.24, 2.45) is 0 Å². The van der Waals surface area contributed by atoms with Crippen LogP contribution in [0.5, 0.6) is 0 Å². The first-order valence-electron chi connectivity index (χ1n) is 5.51. The molecule has 0 aromatic heterocycles. The van der Waals surface area contributed by atoms with E-state index in [1.54, 1.807) is 0 Å². The van der Waals surface area contributed by atoms with Gasteiger partial charge in [0.25, 0.3) is 0 Å². The van der Waals surface area contributed by atoms with Crippen LogP contribution in [-0.4, -0.2) is 24.8 Å². The lowest BCUT2D eigenvalue weighted by Gasteiger charge is -2.16. The van der Waals surface area contributed by atoms with E-state index in [2.05, 4.69) is 0 Å². The van der Waals surface area contributed by atoms with Gasteiger partial charge in [0.15, 0.2) is 0 Å². The van der Waals surface area contributed by atoms with Crippen LogP contribution in [0.25, 0.3) is 0 Å². The largest absolute Gasteiger partial charge is 0.463 e. The number of rotatable bonds is 5. The Labute approximate surface area is 85.8 Å². The molecule has 0 spiro atoms. The molecule has 14 heavy (non-hydrogen) atoms. The predicted molar refractivity (Wildman–Crippen MR) is 54.1 cm³/mol. The van der Waals surface area contributed by atoms with Gasteiger partial charge in [-0.3, -0.25) is 4.79 Å². The average molecular weight is 200 g/mol. The van der Waals surface area contributed by atoms with Crippen molar-refractivity contribution in [1.82, 2.24) is 0 Å². The Morgan fingerprint density at radius 2 is 2.43 bits per heavy atom. The van der Waals surface area contributed by atoms with E-state index in [-0.39, 0.29) is 12.1 Å². The molecule has 0 aromatic rings. The van der Waals surface area contributed by atoms with Crippen molar-refractivity contribution in [2.75, 3.05) is 6.61 Å². The molecule has 1 fully saturated rings. The molecular weight excluding hydrogens is 180 g/mol. The Bertz CT molecular complexity index is 173. The fourth-order valence-corrected chi connectivity index (χ4v) is 1.82. The highest BCUT2D eigenvalue weighted by molar-refractivity contribution is 5.66. The fourth-order valence-electron chi connectivity index (χ4n) is 1.82. The second-order valence-corrected chi connectivity index (χ2v) is 3.85. The number of carbonyl (C=O) groups excluding carboxylic acids is 1. The summed E-state index contributed by atoms with van der Waals surface area (Å²) in [7, 11) is 0. The van der Waals surface area contributed by atoms with Gasteiger partial charge in [0.05, 0.1) is 6.10 Å². The number of hydrogen-bond donors (Lipinski definition) is 0. The summed E-state index contributed by atoms with van der Waals surface area (Å²) in [6.07, 6.45) is 5.67. The van der Waals surface area contributed by atoms with Crippen LogP contribution in [0.2, 0.25) is 0 Å². The van der Waals surface area contributed by atoms with E-state index in [0.717, 1.165) is 32.3 Å². The molecule has 1 heterocycles. The minimum atomic E-state index is -0.177. The minimum Gasteiger partial charge on any atom is -0.463 e. The Kier molecular flexibility index (Phi) is 4.94. The van der Waals surface area contributed by atoms with Crippen LogP contribution in [0.3, 0.4) is 0 Å². The lowest BCUT2D eigenvalue weighted by Crippen LogP contribution is -2.18. The van der Waals surface area contributed by atoms with Crippen LogP contribution in [0.1, 0.15) is 46.0 Å². The van der Waals surface area contributed by atoms with E-state index in [9.17, 15) is 4.79 Å². The van der Waals surface area contributed by atoms with Crippen LogP contribution in [0.15, 0.2) is 0 Å². The molecule has 3 heteroatoms. The monoisotopic (exact) mass is 200 g/mol. The van der Waals surface area contributed by atoms with E-state index in [1.807, 2.05) is 6.92 Å². The van der Waals surface area contributed by atoms with Crippen molar-refractivity contribution in [2.45, 2.75) is 58.2 Å². The van der Waals surface area contributed by atoms with E-state index in [1.165, 1.54) is 13.3 Å². The minimum absolute atomic E-state index is 0.0803. The van der Waals surface area contributed by atoms with Crippen LogP contribution >= 0.6 is 0 Å². The number of carbonyl (C=O) groups is 1. The lowest BCUT2D eigenvalue weighted by molar-refractivity contribution is -0.147. The fraction of sp³-hybridized carbons (Fsp3) is 0.909. The number of hydrogen-bond acceptors (Lipinski definition) is 3. The van der Waals surface area contributed by atoms with Crippen LogP contribution in [0, 0.1) is 0 Å². The quantitative estimate of drug-likeness (QED) is 0.639. The number of esters is 1. The van der Waals surface area contributed by atoms with Crippen molar-refractivity contribution in [3.63, 3.8) is 0 Å². The summed E-state index contributed by atoms with van der Waals surface area (Å²) in [6, 6.07) is 0. The zero-order chi connectivity index (χ0) is 10.4. The Hall–Kier alpha value is -0.570. The van der Waals surface area contributed by atoms with Crippen LogP contribution in [0.4, 0.5) is 0 Å². The second kappa shape index (κ2) is 6.02. The molecule has 0 aliphatic carbocycles. The first-order chi connectivity index (χ1) is 6.72. The highest BCUT2D eigenvalue weighted by atomic mass is 16.5. The first kappa shape index (κ1) is 11.5. The van der Waals surface area contributed by atoms with Crippen molar-refractivity contribution in [3.8, 4) is 0 Å². The van der Waals surface area contributed by atoms with Gasteiger partial charge in [-0.1, -0.05) is 6.92 Å². The standard InChI is InChI=1S/C11H20O3/c1-3-10(14-9(2)12)6-7-11-5-4-8-13-11/h10-11H,3-8H2,1-2H3/t10-,11+/m1/s1. The third kappa shape index (κ3) is 4.09. The van der Waals surface area contributed by atoms with Gasteiger partial charge in [-0.15, -0.1) is 0 Å². The molecule has 3 nitrogen and oxygen atoms in total. The third-order valence-corrected chi connectivity index (χ3v) is 2.62. The lowest BCUT2D eigenvalue weighted by atomic mass is 10.1. The maximum Gasteiger partial charge on any atom is 0.302 e. The molecule has 0 aromatic carbocycles. The summed E-state index contributed by atoms with van der Waals surface area (Å²) in [5.41, 5.74) is 0. The smallest absolute Gasteiger partial charge is 0.302 e. The summed E-state index contributed by atoms with van der Waals surface area (Å²) in [6.45, 7) is 4.41. The summed E-state index contributed by atoms with van der Waals surface area (Å²) in [4.78, 5) is 10.8. The van der Waals surface area contributed by atoms with Gasteiger partial charge in [-0.2, -0.15) is 0 Å². The van der Waals surface area contributed by atoms with Gasteiger partial charge < -0.3 is 9.47 Å². The van der Waals surface area contributed by atoms with Crippen molar-refractivity contribution in [1.29, 1.82) is 0 Å². The Morgan fingerprint density at radius 1 is 1.64 bits per heavy atom. The summed E-state index contributed by atoms with van der Waals surface area (Å²) in [5, 5.41) is 0.